The van der Waals surface area contributed by atoms with Crippen LogP contribution in [0.4, 0.5) is 0 Å². The zero-order chi connectivity index (χ0) is 15.7. The zero-order valence-electron chi connectivity index (χ0n) is 12.2. The Labute approximate surface area is 132 Å². The van der Waals surface area contributed by atoms with Crippen molar-refractivity contribution in [3.05, 3.63) is 57.8 Å². The zero-order valence-corrected chi connectivity index (χ0v) is 13.0. The highest BCUT2D eigenvalue weighted by molar-refractivity contribution is 7.10. The summed E-state index contributed by atoms with van der Waals surface area (Å²) in [5.41, 5.74) is 1.80. The Morgan fingerprint density at radius 3 is 2.59 bits per heavy atom. The van der Waals surface area contributed by atoms with E-state index in [2.05, 4.69) is 11.4 Å². The highest BCUT2D eigenvalue weighted by Crippen LogP contribution is 2.50. The van der Waals surface area contributed by atoms with E-state index in [1.54, 1.807) is 35.6 Å². The Morgan fingerprint density at radius 2 is 2.00 bits per heavy atom. The van der Waals surface area contributed by atoms with Gasteiger partial charge in [-0.3, -0.25) is 4.79 Å². The van der Waals surface area contributed by atoms with Crippen LogP contribution in [0.25, 0.3) is 0 Å². The summed E-state index contributed by atoms with van der Waals surface area (Å²) in [5.74, 6) is -1.08. The molecular weight excluding hydrogens is 298 g/mol. The smallest absolute Gasteiger partial charge is 0.330 e. The van der Waals surface area contributed by atoms with Gasteiger partial charge < -0.3 is 10.4 Å². The summed E-state index contributed by atoms with van der Waals surface area (Å²) in [5, 5.41) is 14.1. The number of carboxylic acid groups (broad SMARTS) is 1. The third-order valence-corrected chi connectivity index (χ3v) is 5.18. The lowest BCUT2D eigenvalue weighted by atomic mass is 10.1. The van der Waals surface area contributed by atoms with E-state index in [9.17, 15) is 14.7 Å². The van der Waals surface area contributed by atoms with Crippen molar-refractivity contribution >= 4 is 23.2 Å². The highest BCUT2D eigenvalue weighted by atomic mass is 32.1. The molecule has 0 spiro atoms. The van der Waals surface area contributed by atoms with Gasteiger partial charge in [0, 0.05) is 16.7 Å². The Balaban J connectivity index is 1.69. The van der Waals surface area contributed by atoms with Crippen molar-refractivity contribution in [2.24, 2.45) is 5.92 Å². The van der Waals surface area contributed by atoms with Gasteiger partial charge in [-0.1, -0.05) is 30.3 Å². The quantitative estimate of drug-likeness (QED) is 0.891. The first-order chi connectivity index (χ1) is 10.6. The van der Waals surface area contributed by atoms with Crippen LogP contribution in [0.15, 0.2) is 41.8 Å². The molecule has 0 radical (unpaired) electrons. The van der Waals surface area contributed by atoms with E-state index in [1.807, 2.05) is 18.4 Å². The molecule has 1 aromatic carbocycles. The molecule has 3 rings (SSSR count). The molecule has 2 aromatic rings. The topological polar surface area (TPSA) is 66.4 Å². The maximum Gasteiger partial charge on any atom is 0.330 e. The van der Waals surface area contributed by atoms with Gasteiger partial charge in [0.05, 0.1) is 0 Å². The fourth-order valence-corrected chi connectivity index (χ4v) is 3.83. The molecule has 2 unspecified atom stereocenters. The van der Waals surface area contributed by atoms with Gasteiger partial charge in [-0.25, -0.2) is 4.79 Å². The van der Waals surface area contributed by atoms with Crippen LogP contribution in [-0.4, -0.2) is 17.0 Å². The third-order valence-electron chi connectivity index (χ3n) is 4.03. The van der Waals surface area contributed by atoms with E-state index in [0.717, 1.165) is 6.42 Å². The van der Waals surface area contributed by atoms with Gasteiger partial charge >= 0.3 is 5.97 Å². The number of nitrogens with one attached hydrogen (secondary N) is 1. The van der Waals surface area contributed by atoms with E-state index in [1.165, 1.54) is 10.4 Å². The van der Waals surface area contributed by atoms with Crippen LogP contribution in [0.2, 0.25) is 0 Å². The van der Waals surface area contributed by atoms with E-state index < -0.39 is 12.0 Å². The van der Waals surface area contributed by atoms with E-state index in [4.69, 9.17) is 0 Å². The molecule has 5 heteroatoms. The second-order valence-electron chi connectivity index (χ2n) is 5.61. The Morgan fingerprint density at radius 1 is 1.27 bits per heavy atom. The molecule has 114 valence electrons. The minimum atomic E-state index is -1.04. The molecule has 2 N–H and O–H groups in total. The van der Waals surface area contributed by atoms with Gasteiger partial charge in [0.15, 0.2) is 6.04 Å². The van der Waals surface area contributed by atoms with E-state index in [0.29, 0.717) is 5.56 Å². The highest BCUT2D eigenvalue weighted by Gasteiger charge is 2.46. The molecule has 1 aliphatic rings. The number of aryl methyl sites for hydroxylation is 1. The number of hydrogen-bond acceptors (Lipinski definition) is 3. The second kappa shape index (κ2) is 5.93. The number of benzene rings is 1. The number of amides is 1. The van der Waals surface area contributed by atoms with Gasteiger partial charge in [-0.2, -0.15) is 0 Å². The standard InChI is InChI=1S/C17H17NO3S/c1-10-7-8-22-15(10)12-9-13(12)16(19)18-14(17(20)21)11-5-3-2-4-6-11/h2-8,12-14H,9H2,1H3,(H,18,19)(H,20,21)/t12?,13?,14-/m1/s1. The number of carbonyl (C=O) groups excluding carboxylic acids is 1. The van der Waals surface area contributed by atoms with Gasteiger partial charge in [-0.05, 0) is 35.9 Å². The minimum Gasteiger partial charge on any atom is -0.479 e. The van der Waals surface area contributed by atoms with E-state index in [-0.39, 0.29) is 17.7 Å². The number of thiophene rings is 1. The summed E-state index contributed by atoms with van der Waals surface area (Å²) in [6.07, 6.45) is 0.800. The minimum absolute atomic E-state index is 0.108. The van der Waals surface area contributed by atoms with Crippen LogP contribution in [0.3, 0.4) is 0 Å². The van der Waals surface area contributed by atoms with Crippen molar-refractivity contribution in [2.45, 2.75) is 25.3 Å². The summed E-state index contributed by atoms with van der Waals surface area (Å²) < 4.78 is 0. The maximum atomic E-state index is 12.3. The molecule has 1 fully saturated rings. The van der Waals surface area contributed by atoms with Crippen LogP contribution in [0.5, 0.6) is 0 Å². The van der Waals surface area contributed by atoms with Gasteiger partial charge in [-0.15, -0.1) is 11.3 Å². The molecule has 0 saturated heterocycles. The van der Waals surface area contributed by atoms with Crippen molar-refractivity contribution in [2.75, 3.05) is 0 Å². The first-order valence-corrected chi connectivity index (χ1v) is 8.08. The molecule has 3 atom stereocenters. The molecule has 0 aliphatic heterocycles. The van der Waals surface area contributed by atoms with Crippen LogP contribution >= 0.6 is 11.3 Å². The SMILES string of the molecule is Cc1ccsc1C1CC1C(=O)N[C@@H](C(=O)O)c1ccccc1. The average Bonchev–Trinajstić information content (AvgIpc) is 3.19. The molecule has 1 amide bonds. The molecule has 22 heavy (non-hydrogen) atoms. The molecule has 0 bridgehead atoms. The molecule has 4 nitrogen and oxygen atoms in total. The first kappa shape index (κ1) is 14.8. The molecule has 1 aliphatic carbocycles. The number of aliphatic carboxylic acids is 1. The summed E-state index contributed by atoms with van der Waals surface area (Å²) >= 11 is 1.67. The van der Waals surface area contributed by atoms with Gasteiger partial charge in [0.25, 0.3) is 0 Å². The third kappa shape index (κ3) is 2.90. The van der Waals surface area contributed by atoms with Crippen molar-refractivity contribution in [1.82, 2.24) is 5.32 Å². The molecule has 1 saturated carbocycles. The lowest BCUT2D eigenvalue weighted by Gasteiger charge is -2.14. The van der Waals surface area contributed by atoms with Crippen molar-refractivity contribution in [1.29, 1.82) is 0 Å². The Hall–Kier alpha value is -2.14. The molecule has 1 aromatic heterocycles. The normalized spacial score (nSPS) is 21.1. The first-order valence-electron chi connectivity index (χ1n) is 7.20. The number of hydrogen-bond donors (Lipinski definition) is 2. The molecule has 1 heterocycles. The summed E-state index contributed by atoms with van der Waals surface area (Å²) in [7, 11) is 0. The van der Waals surface area contributed by atoms with Crippen LogP contribution in [0.1, 0.15) is 34.4 Å². The van der Waals surface area contributed by atoms with Gasteiger partial charge in [0.2, 0.25) is 5.91 Å². The average molecular weight is 315 g/mol. The number of rotatable bonds is 5. The lowest BCUT2D eigenvalue weighted by Crippen LogP contribution is -2.34. The van der Waals surface area contributed by atoms with Gasteiger partial charge in [0.1, 0.15) is 0 Å². The van der Waals surface area contributed by atoms with Crippen LogP contribution < -0.4 is 5.32 Å². The number of carboxylic acids is 1. The predicted molar refractivity (Wildman–Crippen MR) is 84.9 cm³/mol. The van der Waals surface area contributed by atoms with Crippen LogP contribution in [-0.2, 0) is 9.59 Å². The number of carbonyl (C=O) groups is 2. The maximum absolute atomic E-state index is 12.3. The van der Waals surface area contributed by atoms with Crippen LogP contribution in [0, 0.1) is 12.8 Å². The fourth-order valence-electron chi connectivity index (χ4n) is 2.72. The monoisotopic (exact) mass is 315 g/mol. The van der Waals surface area contributed by atoms with Crippen molar-refractivity contribution < 1.29 is 14.7 Å². The fraction of sp³-hybridized carbons (Fsp3) is 0.294. The Bertz CT molecular complexity index is 695. The lowest BCUT2D eigenvalue weighted by molar-refractivity contribution is -0.142. The predicted octanol–water partition coefficient (Wildman–Crippen LogP) is 3.10. The Kier molecular flexibility index (Phi) is 3.98. The largest absolute Gasteiger partial charge is 0.479 e. The summed E-state index contributed by atoms with van der Waals surface area (Å²) in [6, 6.07) is 9.86. The summed E-state index contributed by atoms with van der Waals surface area (Å²) in [4.78, 5) is 25.0. The second-order valence-corrected chi connectivity index (χ2v) is 6.55. The summed E-state index contributed by atoms with van der Waals surface area (Å²) in [6.45, 7) is 2.04. The van der Waals surface area contributed by atoms with Crippen molar-refractivity contribution in [3.8, 4) is 0 Å². The van der Waals surface area contributed by atoms with Crippen molar-refractivity contribution in [3.63, 3.8) is 0 Å². The van der Waals surface area contributed by atoms with E-state index >= 15 is 0 Å². The molecular formula is C17H17NO3S.